The van der Waals surface area contributed by atoms with E-state index in [9.17, 15) is 0 Å². The standard InChI is InChI=1S/C4H10O.ClH.Ti/c1-3-5-4-2;;/h3-4H2,1-2H3;1H;/q;;+1/p-1. The number of rotatable bonds is 2. The molecule has 0 saturated carbocycles. The van der Waals surface area contributed by atoms with E-state index in [0.717, 1.165) is 13.2 Å². The Hall–Kier alpha value is 0.964. The molecule has 0 spiro atoms. The maximum atomic E-state index is 4.83. The van der Waals surface area contributed by atoms with Crippen LogP contribution in [0, 0.1) is 0 Å². The molecule has 0 unspecified atom stereocenters. The van der Waals surface area contributed by atoms with Gasteiger partial charge in [-0.25, -0.2) is 0 Å². The van der Waals surface area contributed by atoms with Gasteiger partial charge in [-0.3, -0.25) is 0 Å². The average Bonchev–Trinajstić information content (AvgIpc) is 1.75. The monoisotopic (exact) mass is 157 g/mol. The molecule has 0 fully saturated rings. The fourth-order valence-corrected chi connectivity index (χ4v) is 0.204. The van der Waals surface area contributed by atoms with E-state index in [-0.39, 0.29) is 0 Å². The molecule has 0 saturated heterocycles. The zero-order valence-electron chi connectivity index (χ0n) is 4.70. The molecule has 3 heteroatoms. The van der Waals surface area contributed by atoms with Crippen LogP contribution in [0.2, 0.25) is 0 Å². The van der Waals surface area contributed by atoms with Crippen molar-refractivity contribution in [2.75, 3.05) is 13.2 Å². The molecule has 0 bridgehead atoms. The Morgan fingerprint density at radius 1 is 1.29 bits per heavy atom. The zero-order valence-corrected chi connectivity index (χ0v) is 7.02. The third-order valence-corrected chi connectivity index (χ3v) is 0.408. The van der Waals surface area contributed by atoms with Crippen LogP contribution in [0.25, 0.3) is 0 Å². The van der Waals surface area contributed by atoms with Crippen LogP contribution in [0.5, 0.6) is 0 Å². The van der Waals surface area contributed by atoms with Crippen molar-refractivity contribution >= 4 is 9.30 Å². The van der Waals surface area contributed by atoms with E-state index >= 15 is 0 Å². The summed E-state index contributed by atoms with van der Waals surface area (Å²) in [5.41, 5.74) is 0. The summed E-state index contributed by atoms with van der Waals surface area (Å²) in [4.78, 5) is 0. The van der Waals surface area contributed by atoms with Crippen LogP contribution in [0.3, 0.4) is 0 Å². The molecule has 0 aliphatic heterocycles. The summed E-state index contributed by atoms with van der Waals surface area (Å²) in [6.07, 6.45) is 0. The molecule has 0 N–H and O–H groups in total. The summed E-state index contributed by atoms with van der Waals surface area (Å²) in [5, 5.41) is 0. The molecule has 0 rings (SSSR count). The molecule has 7 heavy (non-hydrogen) atoms. The van der Waals surface area contributed by atoms with Crippen molar-refractivity contribution < 1.29 is 24.1 Å². The molecule has 0 heterocycles. The molecule has 0 aliphatic rings. The van der Waals surface area contributed by atoms with Gasteiger partial charge in [0.15, 0.2) is 0 Å². The number of halogens is 1. The van der Waals surface area contributed by atoms with E-state index in [0.29, 0.717) is 0 Å². The molecular formula is C4H10ClOTi. The van der Waals surface area contributed by atoms with Crippen molar-refractivity contribution in [3.63, 3.8) is 0 Å². The fourth-order valence-electron chi connectivity index (χ4n) is 0.204. The number of ether oxygens (including phenoxy) is 1. The normalized spacial score (nSPS) is 6.57. The van der Waals surface area contributed by atoms with Gasteiger partial charge in [0.05, 0.1) is 0 Å². The van der Waals surface area contributed by atoms with Crippen molar-refractivity contribution in [2.24, 2.45) is 0 Å². The molecule has 0 aromatic rings. The van der Waals surface area contributed by atoms with Crippen molar-refractivity contribution in [3.05, 3.63) is 0 Å². The van der Waals surface area contributed by atoms with E-state index in [2.05, 4.69) is 9.30 Å². The molecule has 43 valence electrons. The van der Waals surface area contributed by atoms with E-state index in [1.165, 1.54) is 19.4 Å². The van der Waals surface area contributed by atoms with Crippen molar-refractivity contribution in [1.82, 2.24) is 0 Å². The first-order valence-corrected chi connectivity index (χ1v) is 4.33. The summed E-state index contributed by atoms with van der Waals surface area (Å²) in [6, 6.07) is 0. The molecule has 0 aromatic carbocycles. The summed E-state index contributed by atoms with van der Waals surface area (Å²) in [7, 11) is 4.64. The Bertz CT molecular complexity index is 19.2. The Morgan fingerprint density at radius 2 is 1.57 bits per heavy atom. The van der Waals surface area contributed by atoms with Crippen LogP contribution < -0.4 is 0 Å². The first kappa shape index (κ1) is 10.9. The van der Waals surface area contributed by atoms with Gasteiger partial charge < -0.3 is 4.74 Å². The Morgan fingerprint density at radius 3 is 1.57 bits per heavy atom. The van der Waals surface area contributed by atoms with Crippen LogP contribution in [-0.4, -0.2) is 13.2 Å². The van der Waals surface area contributed by atoms with E-state index in [4.69, 9.17) is 4.74 Å². The van der Waals surface area contributed by atoms with Crippen LogP contribution in [0.4, 0.5) is 0 Å². The second kappa shape index (κ2) is 15.8. The van der Waals surface area contributed by atoms with Gasteiger partial charge in [-0.2, -0.15) is 0 Å². The Labute approximate surface area is 60.7 Å². The van der Waals surface area contributed by atoms with Crippen molar-refractivity contribution in [1.29, 1.82) is 0 Å². The first-order chi connectivity index (χ1) is 3.41. The Kier molecular flexibility index (Phi) is 24.5. The SMILES string of the molecule is CCOCC.[Cl][Ti]. The molecule has 1 nitrogen and oxygen atoms in total. The minimum absolute atomic E-state index is 0.844. The quantitative estimate of drug-likeness (QED) is 0.555. The summed E-state index contributed by atoms with van der Waals surface area (Å²) in [5.74, 6) is 0. The second-order valence-corrected chi connectivity index (χ2v) is 0.781. The van der Waals surface area contributed by atoms with Gasteiger partial charge in [0, 0.05) is 13.2 Å². The van der Waals surface area contributed by atoms with Gasteiger partial charge in [-0.15, -0.1) is 0 Å². The molecule has 0 amide bonds. The van der Waals surface area contributed by atoms with Crippen LogP contribution in [0.15, 0.2) is 0 Å². The maximum absolute atomic E-state index is 4.83. The predicted molar refractivity (Wildman–Crippen MR) is 28.0 cm³/mol. The Balaban J connectivity index is 0. The van der Waals surface area contributed by atoms with Gasteiger partial charge in [0.2, 0.25) is 0 Å². The van der Waals surface area contributed by atoms with E-state index in [1.54, 1.807) is 0 Å². The van der Waals surface area contributed by atoms with Gasteiger partial charge in [-0.1, -0.05) is 0 Å². The second-order valence-electron chi connectivity index (χ2n) is 0.781. The van der Waals surface area contributed by atoms with Crippen LogP contribution in [-0.2, 0) is 24.1 Å². The van der Waals surface area contributed by atoms with Crippen molar-refractivity contribution in [2.45, 2.75) is 13.8 Å². The van der Waals surface area contributed by atoms with E-state index in [1.807, 2.05) is 13.8 Å². The first-order valence-electron chi connectivity index (χ1n) is 2.18. The summed E-state index contributed by atoms with van der Waals surface area (Å²) in [6.45, 7) is 5.67. The number of hydrogen-bond donors (Lipinski definition) is 0. The molecule has 0 aliphatic carbocycles. The van der Waals surface area contributed by atoms with Gasteiger partial charge in [0.1, 0.15) is 0 Å². The molecule has 0 radical (unpaired) electrons. The molecular weight excluding hydrogens is 147 g/mol. The summed E-state index contributed by atoms with van der Waals surface area (Å²) < 4.78 is 4.83. The van der Waals surface area contributed by atoms with Crippen LogP contribution >= 0.6 is 9.30 Å². The summed E-state index contributed by atoms with van der Waals surface area (Å²) >= 11 is 1.47. The number of hydrogen-bond acceptors (Lipinski definition) is 1. The van der Waals surface area contributed by atoms with Gasteiger partial charge >= 0.3 is 28.7 Å². The van der Waals surface area contributed by atoms with Crippen molar-refractivity contribution in [3.8, 4) is 0 Å². The zero-order chi connectivity index (χ0) is 6.12. The predicted octanol–water partition coefficient (Wildman–Crippen LogP) is 1.73. The van der Waals surface area contributed by atoms with Gasteiger partial charge in [0.25, 0.3) is 0 Å². The molecule has 0 aromatic heterocycles. The van der Waals surface area contributed by atoms with E-state index < -0.39 is 0 Å². The van der Waals surface area contributed by atoms with Gasteiger partial charge in [-0.05, 0) is 13.8 Å². The van der Waals surface area contributed by atoms with Crippen LogP contribution in [0.1, 0.15) is 13.8 Å². The average molecular weight is 157 g/mol. The topological polar surface area (TPSA) is 9.23 Å². The fraction of sp³-hybridized carbons (Fsp3) is 1.00. The molecule has 0 atom stereocenters. The minimum atomic E-state index is 0.844. The third kappa shape index (κ3) is 19.5. The third-order valence-electron chi connectivity index (χ3n) is 0.408.